The van der Waals surface area contributed by atoms with Crippen LogP contribution < -0.4 is 10.5 Å². The lowest BCUT2D eigenvalue weighted by Gasteiger charge is -2.28. The molecule has 1 aromatic rings. The molecule has 0 fully saturated rings. The van der Waals surface area contributed by atoms with Crippen LogP contribution in [0.25, 0.3) is 0 Å². The predicted molar refractivity (Wildman–Crippen MR) is 73.8 cm³/mol. The van der Waals surface area contributed by atoms with Crippen molar-refractivity contribution in [3.05, 3.63) is 23.8 Å². The van der Waals surface area contributed by atoms with Crippen LogP contribution in [0.1, 0.15) is 31.1 Å². The summed E-state index contributed by atoms with van der Waals surface area (Å²) in [7, 11) is 3.32. The Labute approximate surface area is 109 Å². The molecule has 100 valence electrons. The molecule has 0 aliphatic heterocycles. The second kappa shape index (κ2) is 5.76. The second-order valence-corrected chi connectivity index (χ2v) is 4.83. The van der Waals surface area contributed by atoms with Crippen LogP contribution in [0.4, 0.5) is 5.69 Å². The molecule has 1 amide bonds. The summed E-state index contributed by atoms with van der Waals surface area (Å²) < 4.78 is 5.22. The molecule has 0 saturated carbocycles. The van der Waals surface area contributed by atoms with Crippen LogP contribution in [0.3, 0.4) is 0 Å². The highest BCUT2D eigenvalue weighted by Crippen LogP contribution is 2.27. The quantitative estimate of drug-likeness (QED) is 0.835. The van der Waals surface area contributed by atoms with E-state index in [-0.39, 0.29) is 11.9 Å². The summed E-state index contributed by atoms with van der Waals surface area (Å²) in [6.07, 6.45) is 0. The van der Waals surface area contributed by atoms with Gasteiger partial charge >= 0.3 is 0 Å². The van der Waals surface area contributed by atoms with Gasteiger partial charge in [0.15, 0.2) is 5.75 Å². The summed E-state index contributed by atoms with van der Waals surface area (Å²) >= 11 is 0. The van der Waals surface area contributed by atoms with E-state index in [9.17, 15) is 4.79 Å². The fourth-order valence-corrected chi connectivity index (χ4v) is 1.77. The normalized spacial score (nSPS) is 12.3. The SMILES string of the molecule is COc1c(N)cccc1C(=O)N(C)C(C)C(C)C. The zero-order valence-electron chi connectivity index (χ0n) is 11.7. The van der Waals surface area contributed by atoms with E-state index in [4.69, 9.17) is 10.5 Å². The first-order valence-electron chi connectivity index (χ1n) is 6.09. The number of para-hydroxylation sites is 1. The summed E-state index contributed by atoms with van der Waals surface area (Å²) in [4.78, 5) is 14.1. The number of nitrogen functional groups attached to an aromatic ring is 1. The first-order valence-corrected chi connectivity index (χ1v) is 6.09. The molecule has 18 heavy (non-hydrogen) atoms. The van der Waals surface area contributed by atoms with Crippen molar-refractivity contribution in [2.75, 3.05) is 19.9 Å². The Morgan fingerprint density at radius 1 is 1.33 bits per heavy atom. The summed E-state index contributed by atoms with van der Waals surface area (Å²) in [5.41, 5.74) is 6.80. The zero-order valence-corrected chi connectivity index (χ0v) is 11.7. The van der Waals surface area contributed by atoms with Crippen molar-refractivity contribution in [2.45, 2.75) is 26.8 Å². The third-order valence-corrected chi connectivity index (χ3v) is 3.38. The Morgan fingerprint density at radius 2 is 1.94 bits per heavy atom. The van der Waals surface area contributed by atoms with Gasteiger partial charge in [0.05, 0.1) is 18.4 Å². The minimum absolute atomic E-state index is 0.0691. The van der Waals surface area contributed by atoms with E-state index < -0.39 is 0 Å². The number of nitrogens with two attached hydrogens (primary N) is 1. The standard InChI is InChI=1S/C14H22N2O2/c1-9(2)10(3)16(4)14(17)11-7-6-8-12(15)13(11)18-5/h6-10H,15H2,1-5H3. The monoisotopic (exact) mass is 250 g/mol. The van der Waals surface area contributed by atoms with Gasteiger partial charge in [0.1, 0.15) is 0 Å². The van der Waals surface area contributed by atoms with Gasteiger partial charge in [-0.05, 0) is 25.0 Å². The van der Waals surface area contributed by atoms with Gasteiger partial charge in [-0.1, -0.05) is 19.9 Å². The Balaban J connectivity index is 3.08. The molecule has 0 aliphatic rings. The Hall–Kier alpha value is -1.71. The van der Waals surface area contributed by atoms with Crippen molar-refractivity contribution in [3.8, 4) is 5.75 Å². The Bertz CT molecular complexity index is 430. The molecular formula is C14H22N2O2. The molecular weight excluding hydrogens is 228 g/mol. The van der Waals surface area contributed by atoms with E-state index in [1.54, 1.807) is 30.1 Å². The number of amides is 1. The van der Waals surface area contributed by atoms with Crippen LogP contribution in [-0.4, -0.2) is 31.0 Å². The molecule has 4 heteroatoms. The number of hydrogen-bond acceptors (Lipinski definition) is 3. The van der Waals surface area contributed by atoms with Gasteiger partial charge in [-0.25, -0.2) is 0 Å². The van der Waals surface area contributed by atoms with Crippen molar-refractivity contribution < 1.29 is 9.53 Å². The molecule has 1 unspecified atom stereocenters. The van der Waals surface area contributed by atoms with Gasteiger partial charge in [0.25, 0.3) is 5.91 Å². The van der Waals surface area contributed by atoms with Gasteiger partial charge in [-0.2, -0.15) is 0 Å². The predicted octanol–water partition coefficient (Wildman–Crippen LogP) is 2.39. The van der Waals surface area contributed by atoms with Gasteiger partial charge in [0.2, 0.25) is 0 Å². The topological polar surface area (TPSA) is 55.6 Å². The van der Waals surface area contributed by atoms with Gasteiger partial charge in [-0.3, -0.25) is 4.79 Å². The minimum Gasteiger partial charge on any atom is -0.494 e. The molecule has 0 spiro atoms. The van der Waals surface area contributed by atoms with Crippen molar-refractivity contribution in [2.24, 2.45) is 5.92 Å². The van der Waals surface area contributed by atoms with E-state index in [0.717, 1.165) is 0 Å². The third kappa shape index (κ3) is 2.75. The molecule has 1 aromatic carbocycles. The average Bonchev–Trinajstić information content (AvgIpc) is 2.35. The van der Waals surface area contributed by atoms with Crippen LogP contribution in [0.5, 0.6) is 5.75 Å². The number of nitrogens with zero attached hydrogens (tertiary/aromatic N) is 1. The van der Waals surface area contributed by atoms with Crippen LogP contribution >= 0.6 is 0 Å². The van der Waals surface area contributed by atoms with E-state index >= 15 is 0 Å². The fourth-order valence-electron chi connectivity index (χ4n) is 1.77. The molecule has 0 radical (unpaired) electrons. The second-order valence-electron chi connectivity index (χ2n) is 4.83. The van der Waals surface area contributed by atoms with E-state index in [1.165, 1.54) is 7.11 Å². The number of rotatable bonds is 4. The number of benzene rings is 1. The summed E-state index contributed by atoms with van der Waals surface area (Å²) in [6.45, 7) is 6.21. The minimum atomic E-state index is -0.0691. The molecule has 0 aromatic heterocycles. The van der Waals surface area contributed by atoms with E-state index in [2.05, 4.69) is 13.8 Å². The van der Waals surface area contributed by atoms with E-state index in [1.807, 2.05) is 6.92 Å². The lowest BCUT2D eigenvalue weighted by atomic mass is 10.0. The fraction of sp³-hybridized carbons (Fsp3) is 0.500. The number of carbonyl (C=O) groups excluding carboxylic acids is 1. The van der Waals surface area contributed by atoms with Crippen molar-refractivity contribution in [1.29, 1.82) is 0 Å². The van der Waals surface area contributed by atoms with E-state index in [0.29, 0.717) is 22.9 Å². The number of ether oxygens (including phenoxy) is 1. The number of hydrogen-bond donors (Lipinski definition) is 1. The molecule has 0 bridgehead atoms. The maximum Gasteiger partial charge on any atom is 0.257 e. The summed E-state index contributed by atoms with van der Waals surface area (Å²) in [5, 5.41) is 0. The highest BCUT2D eigenvalue weighted by Gasteiger charge is 2.23. The lowest BCUT2D eigenvalue weighted by Crippen LogP contribution is -2.38. The van der Waals surface area contributed by atoms with Crippen LogP contribution in [0.15, 0.2) is 18.2 Å². The van der Waals surface area contributed by atoms with Crippen LogP contribution in [-0.2, 0) is 0 Å². The molecule has 0 heterocycles. The number of anilines is 1. The first kappa shape index (κ1) is 14.4. The molecule has 1 rings (SSSR count). The maximum absolute atomic E-state index is 12.4. The number of carbonyl (C=O) groups is 1. The van der Waals surface area contributed by atoms with Gasteiger partial charge in [-0.15, -0.1) is 0 Å². The zero-order chi connectivity index (χ0) is 13.9. The third-order valence-electron chi connectivity index (χ3n) is 3.38. The lowest BCUT2D eigenvalue weighted by molar-refractivity contribution is 0.0704. The number of methoxy groups -OCH3 is 1. The first-order chi connectivity index (χ1) is 8.40. The molecule has 0 aliphatic carbocycles. The maximum atomic E-state index is 12.4. The summed E-state index contributed by atoms with van der Waals surface area (Å²) in [5.74, 6) is 0.775. The highest BCUT2D eigenvalue weighted by atomic mass is 16.5. The van der Waals surface area contributed by atoms with Gasteiger partial charge < -0.3 is 15.4 Å². The molecule has 2 N–H and O–H groups in total. The van der Waals surface area contributed by atoms with Crippen molar-refractivity contribution in [3.63, 3.8) is 0 Å². The average molecular weight is 250 g/mol. The largest absolute Gasteiger partial charge is 0.494 e. The molecule has 1 atom stereocenters. The Morgan fingerprint density at radius 3 is 2.44 bits per heavy atom. The van der Waals surface area contributed by atoms with Crippen LogP contribution in [0, 0.1) is 5.92 Å². The molecule has 4 nitrogen and oxygen atoms in total. The smallest absolute Gasteiger partial charge is 0.257 e. The summed E-state index contributed by atoms with van der Waals surface area (Å²) in [6, 6.07) is 5.38. The van der Waals surface area contributed by atoms with Crippen molar-refractivity contribution >= 4 is 11.6 Å². The Kier molecular flexibility index (Phi) is 4.59. The molecule has 0 saturated heterocycles. The van der Waals surface area contributed by atoms with Crippen molar-refractivity contribution in [1.82, 2.24) is 4.90 Å². The van der Waals surface area contributed by atoms with Crippen LogP contribution in [0.2, 0.25) is 0 Å². The van der Waals surface area contributed by atoms with Gasteiger partial charge in [0, 0.05) is 13.1 Å². The highest BCUT2D eigenvalue weighted by molar-refractivity contribution is 5.98.